The highest BCUT2D eigenvalue weighted by Gasteiger charge is 2.52. The van der Waals surface area contributed by atoms with Gasteiger partial charge in [-0.15, -0.1) is 0 Å². The maximum absolute atomic E-state index is 14.4. The molecular formula is C47H68Br2F6N6O13. The number of aliphatic hydroxyl groups is 1. The molecule has 2 unspecified atom stereocenters. The summed E-state index contributed by atoms with van der Waals surface area (Å²) in [6, 6.07) is -2.19. The Balaban J connectivity index is 0.000000347. The molecule has 2 aromatic heterocycles. The largest absolute Gasteiger partial charge is 0.477 e. The monoisotopic (exact) mass is 1200 g/mol. The third kappa shape index (κ3) is 21.5. The van der Waals surface area contributed by atoms with Gasteiger partial charge in [-0.25, -0.2) is 33.9 Å². The van der Waals surface area contributed by atoms with Crippen molar-refractivity contribution < 1.29 is 88.5 Å². The molecule has 4 aliphatic rings. The Labute approximate surface area is 443 Å². The number of hydrogen-bond acceptors (Lipinski definition) is 15. The standard InChI is InChI=1S/C18H23F2N3O5.C9H15BrF2O2.C9H9N3O3.C7H16O.C4H5BrF2O2/c1-3-5-14(6-4-2)27-16(24)18(19,20)28-23-13-9-12(15-21-7-8-26-15)10-22(11-13)17(23)25;1-3-5-7(6-4-2)14-8(13)9(10,11)12;13-9-11-4-6(8-10-1-2-15-8)3-7(5-11)12(9)14;1-3-5-7(8)6-4-2;1-2-9-3(8)4(5,6)7/h7-9,13-14H,3-6,10-11H2,1-2H3;7H,3-6H2,1-2H3;1-3,7,14H,4-5H2;7-8H,3-6H2,1-2H3;2H2,1H3. The third-order valence-electron chi connectivity index (χ3n) is 10.7. The molecule has 4 aliphatic heterocycles. The molecule has 4 amide bonds. The van der Waals surface area contributed by atoms with Crippen LogP contribution in [0.1, 0.15) is 137 Å². The van der Waals surface area contributed by atoms with E-state index in [1.54, 1.807) is 17.2 Å². The van der Waals surface area contributed by atoms with Crippen LogP contribution in [0.15, 0.2) is 45.9 Å². The van der Waals surface area contributed by atoms with Crippen LogP contribution in [0.2, 0.25) is 0 Å². The molecule has 2 N–H and O–H groups in total. The molecule has 420 valence electrons. The van der Waals surface area contributed by atoms with Crippen molar-refractivity contribution in [2.45, 2.75) is 172 Å². The predicted molar refractivity (Wildman–Crippen MR) is 262 cm³/mol. The number of rotatable bonds is 22. The molecule has 2 aromatic rings. The maximum Gasteiger partial charge on any atom is 0.477 e. The average Bonchev–Trinajstić information content (AvgIpc) is 4.15. The number of aromatic nitrogens is 2. The Hall–Kier alpha value is -4.73. The number of hydroxylamine groups is 4. The summed E-state index contributed by atoms with van der Waals surface area (Å²) in [7, 11) is 0. The number of hydrogen-bond donors (Lipinski definition) is 2. The Kier molecular flexibility index (Phi) is 28.3. The van der Waals surface area contributed by atoms with E-state index < -0.39 is 51.9 Å². The number of oxazole rings is 2. The highest BCUT2D eigenvalue weighted by atomic mass is 79.9. The van der Waals surface area contributed by atoms with Gasteiger partial charge >= 0.3 is 45.7 Å². The Morgan fingerprint density at radius 3 is 1.43 bits per heavy atom. The zero-order chi connectivity index (χ0) is 55.8. The zero-order valence-electron chi connectivity index (χ0n) is 42.5. The van der Waals surface area contributed by atoms with Crippen LogP contribution in [-0.4, -0.2) is 149 Å². The van der Waals surface area contributed by atoms with Gasteiger partial charge < -0.3 is 38.0 Å². The molecule has 2 atom stereocenters. The molecule has 0 spiro atoms. The van der Waals surface area contributed by atoms with Crippen LogP contribution in [0.5, 0.6) is 0 Å². The van der Waals surface area contributed by atoms with Crippen LogP contribution >= 0.6 is 31.9 Å². The third-order valence-corrected chi connectivity index (χ3v) is 11.3. The maximum atomic E-state index is 14.4. The van der Waals surface area contributed by atoms with E-state index in [1.807, 2.05) is 65.6 Å². The van der Waals surface area contributed by atoms with E-state index in [-0.39, 0.29) is 44.0 Å². The lowest BCUT2D eigenvalue weighted by Crippen LogP contribution is -2.45. The normalized spacial score (nSPS) is 17.1. The van der Waals surface area contributed by atoms with E-state index in [9.17, 15) is 55.5 Å². The summed E-state index contributed by atoms with van der Waals surface area (Å²) in [5.74, 6) is -4.03. The molecule has 27 heteroatoms. The Bertz CT molecular complexity index is 2060. The Morgan fingerprint density at radius 1 is 0.662 bits per heavy atom. The number of amides is 4. The lowest BCUT2D eigenvalue weighted by atomic mass is 10.1. The van der Waals surface area contributed by atoms with Crippen LogP contribution in [0, 0.1) is 0 Å². The predicted octanol–water partition coefficient (Wildman–Crippen LogP) is 10.8. The van der Waals surface area contributed by atoms with Gasteiger partial charge in [0.1, 0.15) is 24.7 Å². The van der Waals surface area contributed by atoms with Crippen LogP contribution in [0.3, 0.4) is 0 Å². The minimum Gasteiger partial charge on any atom is -0.461 e. The first kappa shape index (κ1) is 65.4. The van der Waals surface area contributed by atoms with Crippen molar-refractivity contribution in [1.29, 1.82) is 0 Å². The number of fused-ring (bicyclic) bond motifs is 4. The second-order valence-electron chi connectivity index (χ2n) is 17.0. The van der Waals surface area contributed by atoms with Crippen LogP contribution in [0.4, 0.5) is 35.9 Å². The lowest BCUT2D eigenvalue weighted by Gasteiger charge is -2.25. The number of alkyl halides is 8. The number of carbonyl (C=O) groups is 5. The van der Waals surface area contributed by atoms with Crippen molar-refractivity contribution in [2.24, 2.45) is 0 Å². The zero-order valence-corrected chi connectivity index (χ0v) is 45.6. The van der Waals surface area contributed by atoms with Crippen LogP contribution in [-0.2, 0) is 33.4 Å². The molecule has 74 heavy (non-hydrogen) atoms. The smallest absolute Gasteiger partial charge is 0.461 e. The highest BCUT2D eigenvalue weighted by Crippen LogP contribution is 2.33. The molecule has 6 rings (SSSR count). The second-order valence-corrected chi connectivity index (χ2v) is 18.9. The van der Waals surface area contributed by atoms with Crippen LogP contribution in [0.25, 0.3) is 11.1 Å². The van der Waals surface area contributed by atoms with E-state index in [0.717, 1.165) is 49.2 Å². The van der Waals surface area contributed by atoms with Gasteiger partial charge in [0, 0.05) is 56.1 Å². The first-order chi connectivity index (χ1) is 34.8. The lowest BCUT2D eigenvalue weighted by molar-refractivity contribution is -0.328. The number of esters is 3. The van der Waals surface area contributed by atoms with Gasteiger partial charge in [-0.3, -0.25) is 5.21 Å². The van der Waals surface area contributed by atoms with E-state index >= 15 is 0 Å². The molecule has 0 radical (unpaired) electrons. The molecule has 0 aliphatic carbocycles. The summed E-state index contributed by atoms with van der Waals surface area (Å²) < 4.78 is 101. The number of halogens is 8. The first-order valence-electron chi connectivity index (χ1n) is 24.4. The fraction of sp³-hybridized carbons (Fsp3) is 0.681. The highest BCUT2D eigenvalue weighted by molar-refractivity contribution is 9.10. The molecule has 0 saturated carbocycles. The molecule has 0 aromatic carbocycles. The number of nitrogens with zero attached hydrogens (tertiary/aromatic N) is 6. The summed E-state index contributed by atoms with van der Waals surface area (Å²) in [4.78, 5) is 65.0. The summed E-state index contributed by atoms with van der Waals surface area (Å²) in [5, 5.41) is 19.7. The van der Waals surface area contributed by atoms with Crippen molar-refractivity contribution in [3.63, 3.8) is 0 Å². The SMILES string of the molecule is CCCC(CCC)OC(=O)C(F)(F)Br.CCCC(CCC)OC(=O)C(F)(F)ON1C(=O)N2CC(c3ncco3)=CC1C2.CCCC(O)CCC.CCOC(=O)C(F)(F)Br.O=C1N2CC(c3ncco3)=CC(C2)N1O. The topological polar surface area (TPSA) is 228 Å². The fourth-order valence-electron chi connectivity index (χ4n) is 7.40. The quantitative estimate of drug-likeness (QED) is 0.0367. The van der Waals surface area contributed by atoms with E-state index in [0.29, 0.717) is 74.0 Å². The van der Waals surface area contributed by atoms with Gasteiger partial charge in [0.25, 0.3) is 0 Å². The molecule has 6 heterocycles. The van der Waals surface area contributed by atoms with Gasteiger partial charge in [-0.1, -0.05) is 80.1 Å². The molecule has 2 fully saturated rings. The van der Waals surface area contributed by atoms with Crippen molar-refractivity contribution in [3.05, 3.63) is 48.9 Å². The van der Waals surface area contributed by atoms with Gasteiger partial charge in [-0.2, -0.15) is 41.3 Å². The molecule has 2 saturated heterocycles. The number of urea groups is 2. The van der Waals surface area contributed by atoms with E-state index in [4.69, 9.17) is 18.7 Å². The van der Waals surface area contributed by atoms with Gasteiger partial charge in [0.05, 0.1) is 50.3 Å². The first-order valence-corrected chi connectivity index (χ1v) is 25.9. The minimum atomic E-state index is -4.27. The molecular weight excluding hydrogens is 1130 g/mol. The summed E-state index contributed by atoms with van der Waals surface area (Å²) in [6.07, 6.45) is 13.3. The summed E-state index contributed by atoms with van der Waals surface area (Å²) >= 11 is 3.80. The Morgan fingerprint density at radius 2 is 1.07 bits per heavy atom. The van der Waals surface area contributed by atoms with E-state index in [2.05, 4.69) is 38.1 Å². The fourth-order valence-corrected chi connectivity index (χ4v) is 7.61. The molecule has 4 bridgehead atoms. The number of carbonyl (C=O) groups excluding carboxylic acids is 5. The van der Waals surface area contributed by atoms with Crippen LogP contribution < -0.4 is 0 Å². The molecule has 19 nitrogen and oxygen atoms in total. The average molecular weight is 1200 g/mol. The number of ether oxygens (including phenoxy) is 3. The summed E-state index contributed by atoms with van der Waals surface area (Å²) in [5.41, 5.74) is 1.42. The van der Waals surface area contributed by atoms with Gasteiger partial charge in [0.2, 0.25) is 11.8 Å². The number of aliphatic hydroxyl groups excluding tert-OH is 1. The van der Waals surface area contributed by atoms with E-state index in [1.165, 1.54) is 30.5 Å². The van der Waals surface area contributed by atoms with Crippen molar-refractivity contribution in [1.82, 2.24) is 29.9 Å². The van der Waals surface area contributed by atoms with Gasteiger partial charge in [0.15, 0.2) is 0 Å². The summed E-state index contributed by atoms with van der Waals surface area (Å²) in [6.45, 7) is 14.5. The minimum absolute atomic E-state index is 0.0370. The van der Waals surface area contributed by atoms with Crippen molar-refractivity contribution >= 4 is 73.0 Å². The van der Waals surface area contributed by atoms with Gasteiger partial charge in [-0.05, 0) is 57.6 Å². The second kappa shape index (κ2) is 32.0. The van der Waals surface area contributed by atoms with Crippen molar-refractivity contribution in [3.8, 4) is 0 Å². The van der Waals surface area contributed by atoms with Crippen molar-refractivity contribution in [2.75, 3.05) is 32.8 Å².